The number of hydrogen-bond acceptors (Lipinski definition) is 8. The molecule has 11 heteroatoms. The van der Waals surface area contributed by atoms with E-state index in [-0.39, 0.29) is 28.4 Å². The van der Waals surface area contributed by atoms with Crippen molar-refractivity contribution < 1.29 is 18.9 Å². The Kier molecular flexibility index (Phi) is 8.57. The Morgan fingerprint density at radius 2 is 1.83 bits per heavy atom. The van der Waals surface area contributed by atoms with Gasteiger partial charge in [0.05, 0.1) is 33.4 Å². The summed E-state index contributed by atoms with van der Waals surface area (Å²) in [6.45, 7) is 6.10. The number of fused-ring (bicyclic) bond motifs is 1. The second-order valence-electron chi connectivity index (χ2n) is 10.9. The molecule has 9 nitrogen and oxygen atoms in total. The number of rotatable bonds is 8. The Balaban J connectivity index is 1.53. The van der Waals surface area contributed by atoms with Crippen LogP contribution in [0.5, 0.6) is 0 Å². The Bertz CT molecular complexity index is 2180. The van der Waals surface area contributed by atoms with Crippen LogP contribution in [0.3, 0.4) is 0 Å². The highest BCUT2D eigenvalue weighted by Gasteiger charge is 2.35. The maximum atomic E-state index is 14.2. The number of carbonyl (C=O) groups is 1. The van der Waals surface area contributed by atoms with Gasteiger partial charge in [-0.25, -0.2) is 9.79 Å². The van der Waals surface area contributed by atoms with Crippen molar-refractivity contribution in [1.82, 2.24) is 4.57 Å². The molecule has 46 heavy (non-hydrogen) atoms. The molecule has 232 valence electrons. The highest BCUT2D eigenvalue weighted by Crippen LogP contribution is 2.36. The molecule has 0 amide bonds. The van der Waals surface area contributed by atoms with Gasteiger partial charge in [0.25, 0.3) is 11.2 Å². The molecule has 0 fully saturated rings. The zero-order valence-corrected chi connectivity index (χ0v) is 26.7. The van der Waals surface area contributed by atoms with Crippen LogP contribution >= 0.6 is 22.9 Å². The van der Waals surface area contributed by atoms with Crippen molar-refractivity contribution in [1.29, 1.82) is 0 Å². The van der Waals surface area contributed by atoms with E-state index in [0.717, 1.165) is 16.7 Å². The van der Waals surface area contributed by atoms with Crippen LogP contribution in [-0.4, -0.2) is 22.1 Å². The third-order valence-electron chi connectivity index (χ3n) is 7.62. The van der Waals surface area contributed by atoms with Crippen LogP contribution in [0.1, 0.15) is 55.2 Å². The second-order valence-corrected chi connectivity index (χ2v) is 12.3. The number of furan rings is 1. The molecular weight excluding hydrogens is 626 g/mol. The minimum atomic E-state index is -0.796. The average Bonchev–Trinajstić information content (AvgIpc) is 3.64. The first kappa shape index (κ1) is 30.9. The number of benzene rings is 3. The van der Waals surface area contributed by atoms with E-state index in [0.29, 0.717) is 38.0 Å². The highest BCUT2D eigenvalue weighted by atomic mass is 35.5. The number of thiazole rings is 1. The van der Waals surface area contributed by atoms with Crippen LogP contribution in [-0.2, 0) is 9.53 Å². The summed E-state index contributed by atoms with van der Waals surface area (Å²) >= 11 is 7.15. The molecule has 0 aliphatic carbocycles. The van der Waals surface area contributed by atoms with Gasteiger partial charge in [-0.3, -0.25) is 19.5 Å². The van der Waals surface area contributed by atoms with Crippen molar-refractivity contribution in [2.75, 3.05) is 6.61 Å². The molecule has 1 atom stereocenters. The van der Waals surface area contributed by atoms with Gasteiger partial charge < -0.3 is 9.15 Å². The number of carbonyl (C=O) groups excluding carboxylic acids is 1. The first-order valence-corrected chi connectivity index (χ1v) is 15.8. The monoisotopic (exact) mass is 653 g/mol. The Hall–Kier alpha value is -5.06. The summed E-state index contributed by atoms with van der Waals surface area (Å²) < 4.78 is 13.4. The third kappa shape index (κ3) is 5.84. The smallest absolute Gasteiger partial charge is 0.338 e. The summed E-state index contributed by atoms with van der Waals surface area (Å²) in [4.78, 5) is 43.9. The topological polar surface area (TPSA) is 117 Å². The lowest BCUT2D eigenvalue weighted by Gasteiger charge is -2.26. The predicted molar refractivity (Wildman–Crippen MR) is 177 cm³/mol. The molecule has 1 aliphatic rings. The molecule has 0 unspecified atom stereocenters. The molecule has 0 bridgehead atoms. The third-order valence-corrected chi connectivity index (χ3v) is 8.92. The number of esters is 1. The van der Waals surface area contributed by atoms with E-state index in [4.69, 9.17) is 25.7 Å². The number of aromatic nitrogens is 1. The first-order valence-electron chi connectivity index (χ1n) is 14.6. The van der Waals surface area contributed by atoms with Gasteiger partial charge >= 0.3 is 5.97 Å². The summed E-state index contributed by atoms with van der Waals surface area (Å²) in [5.41, 5.74) is 3.18. The first-order chi connectivity index (χ1) is 22.2. The Labute approximate surface area is 272 Å². The molecular formula is C35H28ClN3O6S. The quantitative estimate of drug-likeness (QED) is 0.102. The highest BCUT2D eigenvalue weighted by molar-refractivity contribution is 7.07. The van der Waals surface area contributed by atoms with E-state index in [9.17, 15) is 19.7 Å². The van der Waals surface area contributed by atoms with Crippen molar-refractivity contribution in [3.8, 4) is 11.3 Å². The maximum absolute atomic E-state index is 14.2. The predicted octanol–water partition coefficient (Wildman–Crippen LogP) is 6.88. The molecule has 6 rings (SSSR count). The van der Waals surface area contributed by atoms with Crippen LogP contribution < -0.4 is 14.9 Å². The van der Waals surface area contributed by atoms with Gasteiger partial charge in [-0.05, 0) is 48.2 Å². The minimum absolute atomic E-state index is 0.0205. The summed E-state index contributed by atoms with van der Waals surface area (Å²) in [7, 11) is 0. The number of ether oxygens (including phenoxy) is 1. The summed E-state index contributed by atoms with van der Waals surface area (Å²) in [6.07, 6.45) is 1.60. The fourth-order valence-electron chi connectivity index (χ4n) is 5.34. The van der Waals surface area contributed by atoms with Gasteiger partial charge in [-0.1, -0.05) is 91.4 Å². The minimum Gasteiger partial charge on any atom is -0.463 e. The standard InChI is InChI=1S/C35H28ClN3O6S/c1-4-44-34(41)30-31(22-8-6-5-7-9-22)37-35-38(32(30)23-12-10-21(11-13-23)20(2)3)33(40)29(46-35)19-25-15-17-28(45-25)24-14-16-26(36)27(18-24)39(42)43/h5-20,32H,4H2,1-3H3/b29-19-/t32-/m0/s1. The zero-order valence-electron chi connectivity index (χ0n) is 25.1. The molecule has 0 saturated carbocycles. The second kappa shape index (κ2) is 12.7. The van der Waals surface area contributed by atoms with Crippen molar-refractivity contribution >= 4 is 46.4 Å². The van der Waals surface area contributed by atoms with E-state index in [1.54, 1.807) is 31.2 Å². The van der Waals surface area contributed by atoms with Crippen molar-refractivity contribution in [2.24, 2.45) is 4.99 Å². The van der Waals surface area contributed by atoms with Crippen molar-refractivity contribution in [3.63, 3.8) is 0 Å². The van der Waals surface area contributed by atoms with Gasteiger partial charge in [0.1, 0.15) is 16.5 Å². The largest absolute Gasteiger partial charge is 0.463 e. The molecule has 0 N–H and O–H groups in total. The van der Waals surface area contributed by atoms with E-state index in [1.165, 1.54) is 28.0 Å². The number of nitro groups is 1. The van der Waals surface area contributed by atoms with Crippen LogP contribution in [0.4, 0.5) is 5.69 Å². The summed E-state index contributed by atoms with van der Waals surface area (Å²) in [5, 5.41) is 11.4. The molecule has 0 spiro atoms. The molecule has 1 aliphatic heterocycles. The van der Waals surface area contributed by atoms with Crippen LogP contribution in [0.25, 0.3) is 23.1 Å². The van der Waals surface area contributed by atoms with Gasteiger partial charge in [0, 0.05) is 23.3 Å². The van der Waals surface area contributed by atoms with Gasteiger partial charge in [0.2, 0.25) is 0 Å². The molecule has 3 heterocycles. The van der Waals surface area contributed by atoms with Crippen molar-refractivity contribution in [3.05, 3.63) is 148 Å². The molecule has 0 radical (unpaired) electrons. The van der Waals surface area contributed by atoms with E-state index < -0.39 is 16.9 Å². The lowest BCUT2D eigenvalue weighted by Crippen LogP contribution is -2.40. The SMILES string of the molecule is CCOC(=O)C1=C(c2ccccc2)N=c2s/c(=C\c3ccc(-c4ccc(Cl)c([N+](=O)[O-])c4)o3)c(=O)n2[C@H]1c1ccc(C(C)C)cc1. The normalized spacial score (nSPS) is 14.7. The fourth-order valence-corrected chi connectivity index (χ4v) is 6.51. The van der Waals surface area contributed by atoms with Gasteiger partial charge in [0.15, 0.2) is 4.80 Å². The van der Waals surface area contributed by atoms with E-state index >= 15 is 0 Å². The summed E-state index contributed by atoms with van der Waals surface area (Å²) in [6, 6.07) is 24.2. The molecule has 5 aromatic rings. The maximum Gasteiger partial charge on any atom is 0.338 e. The number of halogens is 1. The van der Waals surface area contributed by atoms with Crippen LogP contribution in [0.15, 0.2) is 105 Å². The molecule has 2 aromatic heterocycles. The lowest BCUT2D eigenvalue weighted by molar-refractivity contribution is -0.384. The van der Waals surface area contributed by atoms with Crippen molar-refractivity contribution in [2.45, 2.75) is 32.7 Å². The van der Waals surface area contributed by atoms with Gasteiger partial charge in [-0.15, -0.1) is 0 Å². The number of nitro benzene ring substituents is 1. The van der Waals surface area contributed by atoms with E-state index in [1.807, 2.05) is 54.6 Å². The zero-order chi connectivity index (χ0) is 32.5. The Morgan fingerprint density at radius 3 is 2.50 bits per heavy atom. The van der Waals surface area contributed by atoms with Crippen LogP contribution in [0, 0.1) is 10.1 Å². The average molecular weight is 654 g/mol. The lowest BCUT2D eigenvalue weighted by atomic mass is 9.91. The summed E-state index contributed by atoms with van der Waals surface area (Å²) in [5.74, 6) is 0.486. The van der Waals surface area contributed by atoms with Crippen LogP contribution in [0.2, 0.25) is 5.02 Å². The fraction of sp³-hybridized carbons (Fsp3) is 0.171. The molecule has 0 saturated heterocycles. The number of nitrogens with zero attached hydrogens (tertiary/aromatic N) is 3. The number of hydrogen-bond donors (Lipinski definition) is 0. The van der Waals surface area contributed by atoms with Gasteiger partial charge in [-0.2, -0.15) is 0 Å². The van der Waals surface area contributed by atoms with E-state index in [2.05, 4.69) is 13.8 Å². The Morgan fingerprint density at radius 1 is 1.09 bits per heavy atom. The molecule has 3 aromatic carbocycles.